The van der Waals surface area contributed by atoms with Crippen LogP contribution in [-0.4, -0.2) is 20.9 Å². The lowest BCUT2D eigenvalue weighted by Gasteiger charge is -2.06. The topological polar surface area (TPSA) is 55.1 Å². The van der Waals surface area contributed by atoms with Gasteiger partial charge in [-0.1, -0.05) is 6.92 Å². The molecule has 0 aliphatic carbocycles. The third kappa shape index (κ3) is 1.84. The van der Waals surface area contributed by atoms with Crippen LogP contribution in [0.5, 0.6) is 0 Å². The molecular weight excluding hydrogens is 180 g/mol. The Balaban J connectivity index is 3.21. The molecule has 4 nitrogen and oxygen atoms in total. The number of aromatic nitrogens is 2. The molecule has 0 atom stereocenters. The molecule has 4 heteroatoms. The normalized spacial score (nSPS) is 12.5. The van der Waals surface area contributed by atoms with Crippen LogP contribution < -0.4 is 0 Å². The molecule has 0 aliphatic rings. The molecule has 0 unspecified atom stereocenters. The van der Waals surface area contributed by atoms with Crippen molar-refractivity contribution in [3.8, 4) is 0 Å². The van der Waals surface area contributed by atoms with Crippen molar-refractivity contribution in [3.05, 3.63) is 23.5 Å². The van der Waals surface area contributed by atoms with E-state index in [-0.39, 0.29) is 0 Å². The average molecular weight is 194 g/mol. The molecule has 0 saturated carbocycles. The zero-order valence-electron chi connectivity index (χ0n) is 8.61. The zero-order valence-corrected chi connectivity index (χ0v) is 8.61. The monoisotopic (exact) mass is 194 g/mol. The number of carbonyl (C=O) groups is 1. The highest BCUT2D eigenvalue weighted by atomic mass is 16.4. The summed E-state index contributed by atoms with van der Waals surface area (Å²) >= 11 is 0. The van der Waals surface area contributed by atoms with Crippen LogP contribution in [0, 0.1) is 0 Å². The molecule has 0 fully saturated rings. The van der Waals surface area contributed by atoms with Gasteiger partial charge in [0.1, 0.15) is 0 Å². The van der Waals surface area contributed by atoms with Gasteiger partial charge in [-0.05, 0) is 25.0 Å². The van der Waals surface area contributed by atoms with Crippen LogP contribution in [0.1, 0.15) is 26.0 Å². The summed E-state index contributed by atoms with van der Waals surface area (Å²) in [6, 6.07) is 1.81. The minimum absolute atomic E-state index is 0.439. The molecule has 0 radical (unpaired) electrons. The highest BCUT2D eigenvalue weighted by molar-refractivity contribution is 5.95. The fraction of sp³-hybridized carbons (Fsp3) is 0.400. The van der Waals surface area contributed by atoms with E-state index in [1.807, 2.05) is 19.9 Å². The smallest absolute Gasteiger partial charge is 0.331 e. The van der Waals surface area contributed by atoms with E-state index in [2.05, 4.69) is 5.10 Å². The molecule has 0 amide bonds. The van der Waals surface area contributed by atoms with Gasteiger partial charge < -0.3 is 5.11 Å². The van der Waals surface area contributed by atoms with Crippen molar-refractivity contribution in [1.82, 2.24) is 9.78 Å². The summed E-state index contributed by atoms with van der Waals surface area (Å²) in [5, 5.41) is 12.9. The third-order valence-electron chi connectivity index (χ3n) is 2.27. The lowest BCUT2D eigenvalue weighted by Crippen LogP contribution is -2.04. The number of allylic oxidation sites excluding steroid dienone is 1. The van der Waals surface area contributed by atoms with Crippen molar-refractivity contribution < 1.29 is 9.90 Å². The van der Waals surface area contributed by atoms with E-state index in [1.54, 1.807) is 17.9 Å². The summed E-state index contributed by atoms with van der Waals surface area (Å²) in [5.74, 6) is -0.855. The molecule has 0 saturated heterocycles. The van der Waals surface area contributed by atoms with Crippen LogP contribution in [0.3, 0.4) is 0 Å². The van der Waals surface area contributed by atoms with Crippen molar-refractivity contribution in [2.75, 3.05) is 0 Å². The minimum Gasteiger partial charge on any atom is -0.478 e. The fourth-order valence-electron chi connectivity index (χ4n) is 1.47. The maximum atomic E-state index is 10.9. The van der Waals surface area contributed by atoms with Gasteiger partial charge in [0.25, 0.3) is 0 Å². The molecule has 0 aromatic carbocycles. The largest absolute Gasteiger partial charge is 0.478 e. The second kappa shape index (κ2) is 4.09. The zero-order chi connectivity index (χ0) is 10.7. The summed E-state index contributed by atoms with van der Waals surface area (Å²) in [7, 11) is 1.80. The van der Waals surface area contributed by atoms with Crippen molar-refractivity contribution >= 4 is 11.5 Å². The number of aliphatic carboxylic acids is 1. The Hall–Kier alpha value is -1.58. The van der Waals surface area contributed by atoms with E-state index in [1.165, 1.54) is 0 Å². The lowest BCUT2D eigenvalue weighted by molar-refractivity contribution is -0.132. The second-order valence-corrected chi connectivity index (χ2v) is 3.10. The van der Waals surface area contributed by atoms with E-state index in [0.29, 0.717) is 12.0 Å². The van der Waals surface area contributed by atoms with Gasteiger partial charge in [0, 0.05) is 18.8 Å². The van der Waals surface area contributed by atoms with E-state index in [0.717, 1.165) is 11.3 Å². The summed E-state index contributed by atoms with van der Waals surface area (Å²) in [5.41, 5.74) is 2.07. The summed E-state index contributed by atoms with van der Waals surface area (Å²) < 4.78 is 1.67. The molecule has 1 N–H and O–H groups in total. The Bertz CT molecular complexity index is 377. The SMILES string of the molecule is CC/C(C(=O)O)=C(\C)c1ccnn1C. The maximum absolute atomic E-state index is 10.9. The minimum atomic E-state index is -0.855. The van der Waals surface area contributed by atoms with Crippen molar-refractivity contribution in [2.45, 2.75) is 20.3 Å². The first-order chi connectivity index (χ1) is 6.57. The number of carboxylic acids is 1. The van der Waals surface area contributed by atoms with Gasteiger partial charge in [-0.15, -0.1) is 0 Å². The van der Waals surface area contributed by atoms with Gasteiger partial charge in [-0.3, -0.25) is 4.68 Å². The number of hydrogen-bond donors (Lipinski definition) is 1. The van der Waals surface area contributed by atoms with Crippen LogP contribution in [0.15, 0.2) is 17.8 Å². The average Bonchev–Trinajstić information content (AvgIpc) is 2.51. The van der Waals surface area contributed by atoms with E-state index < -0.39 is 5.97 Å². The van der Waals surface area contributed by atoms with Gasteiger partial charge in [-0.2, -0.15) is 5.10 Å². The summed E-state index contributed by atoms with van der Waals surface area (Å²) in [6.45, 7) is 3.65. The van der Waals surface area contributed by atoms with Crippen LogP contribution in [0.4, 0.5) is 0 Å². The Morgan fingerprint density at radius 2 is 2.29 bits per heavy atom. The van der Waals surface area contributed by atoms with Crippen molar-refractivity contribution in [3.63, 3.8) is 0 Å². The van der Waals surface area contributed by atoms with E-state index in [9.17, 15) is 4.79 Å². The maximum Gasteiger partial charge on any atom is 0.331 e. The van der Waals surface area contributed by atoms with Gasteiger partial charge in [0.15, 0.2) is 0 Å². The molecular formula is C10H14N2O2. The van der Waals surface area contributed by atoms with Crippen LogP contribution in [0.2, 0.25) is 0 Å². The molecule has 1 heterocycles. The highest BCUT2D eigenvalue weighted by Gasteiger charge is 2.12. The van der Waals surface area contributed by atoms with Crippen molar-refractivity contribution in [2.24, 2.45) is 7.05 Å². The van der Waals surface area contributed by atoms with Crippen molar-refractivity contribution in [1.29, 1.82) is 0 Å². The van der Waals surface area contributed by atoms with Gasteiger partial charge in [-0.25, -0.2) is 4.79 Å². The Morgan fingerprint density at radius 1 is 1.64 bits per heavy atom. The number of carboxylic acid groups (broad SMARTS) is 1. The molecule has 0 bridgehead atoms. The van der Waals surface area contributed by atoms with E-state index >= 15 is 0 Å². The molecule has 76 valence electrons. The molecule has 1 aromatic heterocycles. The molecule has 1 rings (SSSR count). The predicted molar refractivity (Wildman–Crippen MR) is 53.7 cm³/mol. The number of hydrogen-bond acceptors (Lipinski definition) is 2. The summed E-state index contributed by atoms with van der Waals surface area (Å²) in [6.07, 6.45) is 2.18. The fourth-order valence-corrected chi connectivity index (χ4v) is 1.47. The van der Waals surface area contributed by atoms with Crippen LogP contribution in [0.25, 0.3) is 5.57 Å². The molecule has 14 heavy (non-hydrogen) atoms. The predicted octanol–water partition coefficient (Wildman–Crippen LogP) is 1.69. The van der Waals surface area contributed by atoms with Gasteiger partial charge in [0.2, 0.25) is 0 Å². The Labute approximate surface area is 82.9 Å². The van der Waals surface area contributed by atoms with Crippen LogP contribution >= 0.6 is 0 Å². The second-order valence-electron chi connectivity index (χ2n) is 3.10. The third-order valence-corrected chi connectivity index (χ3v) is 2.27. The molecule has 1 aromatic rings. The molecule has 0 aliphatic heterocycles. The number of rotatable bonds is 3. The number of nitrogens with zero attached hydrogens (tertiary/aromatic N) is 2. The Morgan fingerprint density at radius 3 is 2.64 bits per heavy atom. The number of aryl methyl sites for hydroxylation is 1. The standard InChI is InChI=1S/C10H14N2O2/c1-4-8(10(13)14)7(2)9-5-6-11-12(9)3/h5-6H,4H2,1-3H3,(H,13,14)/b8-7-. The highest BCUT2D eigenvalue weighted by Crippen LogP contribution is 2.19. The molecule has 0 spiro atoms. The first-order valence-electron chi connectivity index (χ1n) is 4.49. The first-order valence-corrected chi connectivity index (χ1v) is 4.49. The first kappa shape index (κ1) is 10.5. The quantitative estimate of drug-likeness (QED) is 0.745. The van der Waals surface area contributed by atoms with Crippen LogP contribution in [-0.2, 0) is 11.8 Å². The Kier molecular flexibility index (Phi) is 3.06. The van der Waals surface area contributed by atoms with E-state index in [4.69, 9.17) is 5.11 Å². The van der Waals surface area contributed by atoms with Gasteiger partial charge >= 0.3 is 5.97 Å². The summed E-state index contributed by atoms with van der Waals surface area (Å²) in [4.78, 5) is 10.9. The lowest BCUT2D eigenvalue weighted by atomic mass is 10.0. The van der Waals surface area contributed by atoms with Gasteiger partial charge in [0.05, 0.1) is 5.69 Å².